The maximum absolute atomic E-state index is 12.5. The highest BCUT2D eigenvalue weighted by atomic mass is 16.1. The highest BCUT2D eigenvalue weighted by molar-refractivity contribution is 5.94. The Morgan fingerprint density at radius 1 is 1.30 bits per heavy atom. The maximum Gasteiger partial charge on any atom is 0.227 e. The number of anilines is 1. The number of carbonyl (C=O) groups is 1. The van der Waals surface area contributed by atoms with E-state index in [1.165, 1.54) is 11.1 Å². The lowest BCUT2D eigenvalue weighted by atomic mass is 9.92. The standard InChI is InChI=1S/C17H26N2O/c1-4-13-7-6-8-14(5-2)16(13)19-17(20)15-9-10-18-12(3)11-15/h6-8,12,15,18H,4-5,9-11H2,1-3H3,(H,19,20). The second-order valence-electron chi connectivity index (χ2n) is 5.72. The molecule has 3 heteroatoms. The summed E-state index contributed by atoms with van der Waals surface area (Å²) in [6.45, 7) is 7.36. The van der Waals surface area contributed by atoms with Crippen molar-refractivity contribution in [2.45, 2.75) is 52.5 Å². The smallest absolute Gasteiger partial charge is 0.227 e. The minimum absolute atomic E-state index is 0.140. The van der Waals surface area contributed by atoms with Gasteiger partial charge in [0.1, 0.15) is 0 Å². The molecule has 110 valence electrons. The van der Waals surface area contributed by atoms with Gasteiger partial charge in [-0.25, -0.2) is 0 Å². The van der Waals surface area contributed by atoms with Crippen LogP contribution in [0.5, 0.6) is 0 Å². The molecule has 0 spiro atoms. The molecule has 0 bridgehead atoms. The number of para-hydroxylation sites is 1. The molecule has 0 aromatic heterocycles. The van der Waals surface area contributed by atoms with Crippen molar-refractivity contribution in [2.24, 2.45) is 5.92 Å². The van der Waals surface area contributed by atoms with Gasteiger partial charge in [-0.1, -0.05) is 32.0 Å². The maximum atomic E-state index is 12.5. The molecule has 1 fully saturated rings. The predicted molar refractivity (Wildman–Crippen MR) is 84.0 cm³/mol. The number of piperidine rings is 1. The topological polar surface area (TPSA) is 41.1 Å². The van der Waals surface area contributed by atoms with Gasteiger partial charge in [0.25, 0.3) is 0 Å². The largest absolute Gasteiger partial charge is 0.325 e. The van der Waals surface area contributed by atoms with Gasteiger partial charge in [0.15, 0.2) is 0 Å². The summed E-state index contributed by atoms with van der Waals surface area (Å²) in [5.41, 5.74) is 3.52. The molecule has 20 heavy (non-hydrogen) atoms. The van der Waals surface area contributed by atoms with Crippen molar-refractivity contribution in [1.82, 2.24) is 5.32 Å². The van der Waals surface area contributed by atoms with E-state index in [0.717, 1.165) is 37.9 Å². The van der Waals surface area contributed by atoms with Crippen LogP contribution in [-0.2, 0) is 17.6 Å². The van der Waals surface area contributed by atoms with Crippen LogP contribution in [0.4, 0.5) is 5.69 Å². The number of amides is 1. The summed E-state index contributed by atoms with van der Waals surface area (Å²) in [5, 5.41) is 6.60. The lowest BCUT2D eigenvalue weighted by molar-refractivity contribution is -0.120. The first-order valence-corrected chi connectivity index (χ1v) is 7.80. The summed E-state index contributed by atoms with van der Waals surface area (Å²) >= 11 is 0. The molecule has 0 aliphatic carbocycles. The van der Waals surface area contributed by atoms with Crippen LogP contribution in [0.25, 0.3) is 0 Å². The van der Waals surface area contributed by atoms with Crippen molar-refractivity contribution in [1.29, 1.82) is 0 Å². The lowest BCUT2D eigenvalue weighted by Gasteiger charge is -2.27. The lowest BCUT2D eigenvalue weighted by Crippen LogP contribution is -2.40. The fourth-order valence-corrected chi connectivity index (χ4v) is 3.00. The third-order valence-electron chi connectivity index (χ3n) is 4.24. The Hall–Kier alpha value is -1.35. The molecule has 1 aliphatic rings. The van der Waals surface area contributed by atoms with Crippen LogP contribution in [0.1, 0.15) is 44.7 Å². The van der Waals surface area contributed by atoms with Gasteiger partial charge in [0.2, 0.25) is 5.91 Å². The van der Waals surface area contributed by atoms with E-state index in [2.05, 4.69) is 49.6 Å². The minimum atomic E-state index is 0.140. The number of nitrogens with one attached hydrogen (secondary N) is 2. The third-order valence-corrected chi connectivity index (χ3v) is 4.24. The normalized spacial score (nSPS) is 22.6. The van der Waals surface area contributed by atoms with Crippen LogP contribution in [0.15, 0.2) is 18.2 Å². The van der Waals surface area contributed by atoms with E-state index in [4.69, 9.17) is 0 Å². The van der Waals surface area contributed by atoms with E-state index >= 15 is 0 Å². The SMILES string of the molecule is CCc1cccc(CC)c1NC(=O)C1CCNC(C)C1. The van der Waals surface area contributed by atoms with E-state index in [1.54, 1.807) is 0 Å². The van der Waals surface area contributed by atoms with E-state index in [-0.39, 0.29) is 11.8 Å². The van der Waals surface area contributed by atoms with E-state index in [9.17, 15) is 4.79 Å². The van der Waals surface area contributed by atoms with Crippen LogP contribution < -0.4 is 10.6 Å². The van der Waals surface area contributed by atoms with Gasteiger partial charge in [-0.05, 0) is 50.3 Å². The fourth-order valence-electron chi connectivity index (χ4n) is 3.00. The van der Waals surface area contributed by atoms with Crippen LogP contribution in [0.3, 0.4) is 0 Å². The summed E-state index contributed by atoms with van der Waals surface area (Å²) in [6.07, 6.45) is 3.77. The highest BCUT2D eigenvalue weighted by Crippen LogP contribution is 2.25. The number of aryl methyl sites for hydroxylation is 2. The van der Waals surface area contributed by atoms with Gasteiger partial charge in [0, 0.05) is 17.6 Å². The highest BCUT2D eigenvalue weighted by Gasteiger charge is 2.25. The van der Waals surface area contributed by atoms with Gasteiger partial charge in [-0.3, -0.25) is 4.79 Å². The van der Waals surface area contributed by atoms with Gasteiger partial charge in [-0.2, -0.15) is 0 Å². The number of rotatable bonds is 4. The predicted octanol–water partition coefficient (Wildman–Crippen LogP) is 3.14. The summed E-state index contributed by atoms with van der Waals surface area (Å²) in [6, 6.07) is 6.74. The molecular formula is C17H26N2O. The molecule has 1 aliphatic heterocycles. The van der Waals surface area contributed by atoms with E-state index < -0.39 is 0 Å². The van der Waals surface area contributed by atoms with Gasteiger partial charge in [0.05, 0.1) is 0 Å². The molecule has 1 aromatic carbocycles. The van der Waals surface area contributed by atoms with Crippen molar-refractivity contribution >= 4 is 11.6 Å². The molecule has 1 aromatic rings. The molecule has 0 radical (unpaired) electrons. The summed E-state index contributed by atoms with van der Waals surface area (Å²) in [5.74, 6) is 0.329. The fraction of sp³-hybridized carbons (Fsp3) is 0.588. The molecular weight excluding hydrogens is 248 g/mol. The Morgan fingerprint density at radius 3 is 2.50 bits per heavy atom. The zero-order valence-electron chi connectivity index (χ0n) is 12.8. The van der Waals surface area contributed by atoms with Crippen molar-refractivity contribution in [3.05, 3.63) is 29.3 Å². The summed E-state index contributed by atoms with van der Waals surface area (Å²) in [4.78, 5) is 12.5. The van der Waals surface area contributed by atoms with Gasteiger partial charge < -0.3 is 10.6 Å². The molecule has 2 atom stereocenters. The molecule has 2 rings (SSSR count). The summed E-state index contributed by atoms with van der Waals surface area (Å²) < 4.78 is 0. The Labute approximate surface area is 122 Å². The molecule has 0 saturated carbocycles. The van der Waals surface area contributed by atoms with Crippen LogP contribution >= 0.6 is 0 Å². The number of hydrogen-bond acceptors (Lipinski definition) is 2. The Kier molecular flexibility index (Phi) is 5.18. The molecule has 3 nitrogen and oxygen atoms in total. The van der Waals surface area contributed by atoms with E-state index in [1.807, 2.05) is 0 Å². The number of hydrogen-bond donors (Lipinski definition) is 2. The quantitative estimate of drug-likeness (QED) is 0.885. The molecule has 2 unspecified atom stereocenters. The second-order valence-corrected chi connectivity index (χ2v) is 5.72. The van der Waals surface area contributed by atoms with Crippen molar-refractivity contribution in [3.8, 4) is 0 Å². The average Bonchev–Trinajstić information content (AvgIpc) is 2.47. The van der Waals surface area contributed by atoms with Gasteiger partial charge in [-0.15, -0.1) is 0 Å². The Morgan fingerprint density at radius 2 is 1.95 bits per heavy atom. The van der Waals surface area contributed by atoms with Gasteiger partial charge >= 0.3 is 0 Å². The first kappa shape index (κ1) is 15.0. The zero-order valence-corrected chi connectivity index (χ0v) is 12.8. The minimum Gasteiger partial charge on any atom is -0.325 e. The Balaban J connectivity index is 2.14. The number of benzene rings is 1. The summed E-state index contributed by atoms with van der Waals surface area (Å²) in [7, 11) is 0. The third kappa shape index (κ3) is 3.40. The second kappa shape index (κ2) is 6.89. The molecule has 2 N–H and O–H groups in total. The average molecular weight is 274 g/mol. The van der Waals surface area contributed by atoms with Crippen molar-refractivity contribution in [2.75, 3.05) is 11.9 Å². The van der Waals surface area contributed by atoms with E-state index in [0.29, 0.717) is 6.04 Å². The first-order chi connectivity index (χ1) is 9.65. The van der Waals surface area contributed by atoms with Crippen LogP contribution in [0.2, 0.25) is 0 Å². The van der Waals surface area contributed by atoms with Crippen molar-refractivity contribution < 1.29 is 4.79 Å². The number of carbonyl (C=O) groups excluding carboxylic acids is 1. The molecule has 1 amide bonds. The van der Waals surface area contributed by atoms with Crippen LogP contribution in [0, 0.1) is 5.92 Å². The monoisotopic (exact) mass is 274 g/mol. The van der Waals surface area contributed by atoms with Crippen LogP contribution in [-0.4, -0.2) is 18.5 Å². The van der Waals surface area contributed by atoms with Crippen molar-refractivity contribution in [3.63, 3.8) is 0 Å². The first-order valence-electron chi connectivity index (χ1n) is 7.80. The zero-order chi connectivity index (χ0) is 14.5. The molecule has 1 saturated heterocycles. The molecule has 1 heterocycles. The Bertz CT molecular complexity index is 448.